The number of likely N-dealkylation sites (tertiary alicyclic amines) is 1. The van der Waals surface area contributed by atoms with E-state index in [1.807, 2.05) is 6.92 Å². The second-order valence-corrected chi connectivity index (χ2v) is 6.73. The summed E-state index contributed by atoms with van der Waals surface area (Å²) >= 11 is 6.34. The fourth-order valence-electron chi connectivity index (χ4n) is 2.93. The minimum Gasteiger partial charge on any atom is -0.490 e. The van der Waals surface area contributed by atoms with Crippen LogP contribution in [-0.4, -0.2) is 48.2 Å². The summed E-state index contributed by atoms with van der Waals surface area (Å²) in [7, 11) is 0. The van der Waals surface area contributed by atoms with Crippen molar-refractivity contribution in [1.29, 1.82) is 0 Å². The van der Waals surface area contributed by atoms with E-state index in [4.69, 9.17) is 26.2 Å². The third-order valence-electron chi connectivity index (χ3n) is 4.43. The number of carbonyl (C=O) groups excluding carboxylic acids is 1. The maximum absolute atomic E-state index is 12.8. The Morgan fingerprint density at radius 3 is 2.50 bits per heavy atom. The number of aliphatic carboxylic acids is 1. The fourth-order valence-corrected chi connectivity index (χ4v) is 3.19. The minimum absolute atomic E-state index is 0.170. The standard InChI is InChI=1S/C19H26ClNO5/c1-3-5-10-26-17-15(20)11-14(12-16(17)25-4-2)18(22)21-8-6-13(7-9-21)19(23)24/h11-13H,3-10H2,1-2H3,(H,23,24). The first kappa shape index (κ1) is 20.4. The fraction of sp³-hybridized carbons (Fsp3) is 0.579. The molecule has 2 rings (SSSR count). The number of hydrogen-bond acceptors (Lipinski definition) is 4. The van der Waals surface area contributed by atoms with Crippen LogP contribution in [0.5, 0.6) is 11.5 Å². The molecule has 1 N–H and O–H groups in total. The minimum atomic E-state index is -0.799. The third kappa shape index (κ3) is 5.04. The van der Waals surface area contributed by atoms with Gasteiger partial charge in [-0.3, -0.25) is 9.59 Å². The molecule has 0 aromatic heterocycles. The zero-order valence-electron chi connectivity index (χ0n) is 15.3. The van der Waals surface area contributed by atoms with Crippen molar-refractivity contribution in [2.75, 3.05) is 26.3 Å². The molecule has 0 saturated carbocycles. The van der Waals surface area contributed by atoms with E-state index in [-0.39, 0.29) is 11.8 Å². The van der Waals surface area contributed by atoms with Gasteiger partial charge in [0.1, 0.15) is 0 Å². The maximum Gasteiger partial charge on any atom is 0.306 e. The van der Waals surface area contributed by atoms with Gasteiger partial charge in [-0.2, -0.15) is 0 Å². The lowest BCUT2D eigenvalue weighted by molar-refractivity contribution is -0.143. The van der Waals surface area contributed by atoms with Crippen molar-refractivity contribution >= 4 is 23.5 Å². The Morgan fingerprint density at radius 2 is 1.92 bits per heavy atom. The van der Waals surface area contributed by atoms with Crippen LogP contribution < -0.4 is 9.47 Å². The van der Waals surface area contributed by atoms with Gasteiger partial charge in [0.15, 0.2) is 11.5 Å². The van der Waals surface area contributed by atoms with Gasteiger partial charge in [0.05, 0.1) is 24.2 Å². The smallest absolute Gasteiger partial charge is 0.306 e. The molecule has 0 atom stereocenters. The number of rotatable bonds is 8. The van der Waals surface area contributed by atoms with Crippen molar-refractivity contribution in [3.63, 3.8) is 0 Å². The van der Waals surface area contributed by atoms with Crippen LogP contribution in [0, 0.1) is 5.92 Å². The highest BCUT2D eigenvalue weighted by Gasteiger charge is 2.28. The molecule has 7 heteroatoms. The van der Waals surface area contributed by atoms with Gasteiger partial charge < -0.3 is 19.5 Å². The third-order valence-corrected chi connectivity index (χ3v) is 4.71. The van der Waals surface area contributed by atoms with E-state index < -0.39 is 5.97 Å². The number of hydrogen-bond donors (Lipinski definition) is 1. The predicted octanol–water partition coefficient (Wildman–Crippen LogP) is 3.85. The van der Waals surface area contributed by atoms with E-state index in [1.54, 1.807) is 17.0 Å². The number of carboxylic acid groups (broad SMARTS) is 1. The summed E-state index contributed by atoms with van der Waals surface area (Å²) < 4.78 is 11.4. The van der Waals surface area contributed by atoms with Gasteiger partial charge in [0.2, 0.25) is 0 Å². The topological polar surface area (TPSA) is 76.1 Å². The van der Waals surface area contributed by atoms with Crippen LogP contribution >= 0.6 is 11.6 Å². The van der Waals surface area contributed by atoms with E-state index in [9.17, 15) is 9.59 Å². The average Bonchev–Trinajstić information content (AvgIpc) is 2.63. The first-order valence-corrected chi connectivity index (χ1v) is 9.46. The molecule has 6 nitrogen and oxygen atoms in total. The lowest BCUT2D eigenvalue weighted by Gasteiger charge is -2.30. The van der Waals surface area contributed by atoms with Crippen molar-refractivity contribution in [3.8, 4) is 11.5 Å². The summed E-state index contributed by atoms with van der Waals surface area (Å²) in [5.74, 6) is -0.428. The highest BCUT2D eigenvalue weighted by atomic mass is 35.5. The van der Waals surface area contributed by atoms with Crippen molar-refractivity contribution < 1.29 is 24.2 Å². The number of halogens is 1. The molecule has 0 bridgehead atoms. The Labute approximate surface area is 159 Å². The predicted molar refractivity (Wildman–Crippen MR) is 99.3 cm³/mol. The SMILES string of the molecule is CCCCOc1c(Cl)cc(C(=O)N2CCC(C(=O)O)CC2)cc1OCC. The molecule has 1 aromatic rings. The molecule has 144 valence electrons. The summed E-state index contributed by atoms with van der Waals surface area (Å²) in [5.41, 5.74) is 0.426. The Morgan fingerprint density at radius 1 is 1.23 bits per heavy atom. The molecule has 1 aliphatic rings. The molecule has 1 heterocycles. The molecular formula is C19H26ClNO5. The number of nitrogens with zero attached hydrogens (tertiary/aromatic N) is 1. The molecule has 0 unspecified atom stereocenters. The summed E-state index contributed by atoms with van der Waals surface area (Å²) in [5, 5.41) is 9.42. The number of benzene rings is 1. The van der Waals surface area contributed by atoms with Gasteiger partial charge in [0.25, 0.3) is 5.91 Å². The summed E-state index contributed by atoms with van der Waals surface area (Å²) in [6.45, 7) is 5.74. The zero-order valence-corrected chi connectivity index (χ0v) is 16.1. The van der Waals surface area contributed by atoms with Gasteiger partial charge in [-0.15, -0.1) is 0 Å². The Balaban J connectivity index is 2.15. The average molecular weight is 384 g/mol. The quantitative estimate of drug-likeness (QED) is 0.690. The molecule has 0 radical (unpaired) electrons. The van der Waals surface area contributed by atoms with E-state index >= 15 is 0 Å². The van der Waals surface area contributed by atoms with Crippen molar-refractivity contribution in [1.82, 2.24) is 4.90 Å². The van der Waals surface area contributed by atoms with Gasteiger partial charge in [-0.1, -0.05) is 24.9 Å². The highest BCUT2D eigenvalue weighted by Crippen LogP contribution is 2.37. The van der Waals surface area contributed by atoms with Crippen LogP contribution in [0.15, 0.2) is 12.1 Å². The molecule has 0 spiro atoms. The van der Waals surface area contributed by atoms with E-state index in [0.29, 0.717) is 61.2 Å². The molecule has 1 aromatic carbocycles. The van der Waals surface area contributed by atoms with Crippen LogP contribution in [0.2, 0.25) is 5.02 Å². The largest absolute Gasteiger partial charge is 0.490 e. The monoisotopic (exact) mass is 383 g/mol. The number of amides is 1. The maximum atomic E-state index is 12.8. The van der Waals surface area contributed by atoms with Gasteiger partial charge in [-0.25, -0.2) is 0 Å². The van der Waals surface area contributed by atoms with E-state index in [0.717, 1.165) is 12.8 Å². The highest BCUT2D eigenvalue weighted by molar-refractivity contribution is 6.32. The van der Waals surface area contributed by atoms with Crippen molar-refractivity contribution in [3.05, 3.63) is 22.7 Å². The van der Waals surface area contributed by atoms with Crippen molar-refractivity contribution in [2.45, 2.75) is 39.5 Å². The van der Waals surface area contributed by atoms with Gasteiger partial charge >= 0.3 is 5.97 Å². The van der Waals surface area contributed by atoms with E-state index in [2.05, 4.69) is 6.92 Å². The van der Waals surface area contributed by atoms with Gasteiger partial charge in [-0.05, 0) is 38.3 Å². The van der Waals surface area contributed by atoms with Crippen LogP contribution in [0.25, 0.3) is 0 Å². The summed E-state index contributed by atoms with van der Waals surface area (Å²) in [6.07, 6.45) is 2.84. The molecule has 1 saturated heterocycles. The Hall–Kier alpha value is -1.95. The molecule has 0 aliphatic carbocycles. The number of carboxylic acids is 1. The van der Waals surface area contributed by atoms with Crippen LogP contribution in [0.1, 0.15) is 49.9 Å². The number of carbonyl (C=O) groups is 2. The van der Waals surface area contributed by atoms with Crippen LogP contribution in [0.4, 0.5) is 0 Å². The number of unbranched alkanes of at least 4 members (excludes halogenated alkanes) is 1. The van der Waals surface area contributed by atoms with Gasteiger partial charge in [0, 0.05) is 18.7 Å². The summed E-state index contributed by atoms with van der Waals surface area (Å²) in [6, 6.07) is 3.25. The van der Waals surface area contributed by atoms with Crippen LogP contribution in [0.3, 0.4) is 0 Å². The number of ether oxygens (including phenoxy) is 2. The molecular weight excluding hydrogens is 358 g/mol. The molecule has 1 fully saturated rings. The molecule has 1 amide bonds. The summed E-state index contributed by atoms with van der Waals surface area (Å²) in [4.78, 5) is 25.5. The first-order chi connectivity index (χ1) is 12.5. The zero-order chi connectivity index (χ0) is 19.1. The van der Waals surface area contributed by atoms with Crippen LogP contribution in [-0.2, 0) is 4.79 Å². The Kier molecular flexibility index (Phi) is 7.57. The van der Waals surface area contributed by atoms with Crippen molar-refractivity contribution in [2.24, 2.45) is 5.92 Å². The molecule has 1 aliphatic heterocycles. The number of piperidine rings is 1. The Bertz CT molecular complexity index is 641. The molecule has 26 heavy (non-hydrogen) atoms. The first-order valence-electron chi connectivity index (χ1n) is 9.09. The lowest BCUT2D eigenvalue weighted by atomic mass is 9.96. The lowest BCUT2D eigenvalue weighted by Crippen LogP contribution is -2.40. The second kappa shape index (κ2) is 9.67. The normalized spacial score (nSPS) is 15.0. The van der Waals surface area contributed by atoms with E-state index in [1.165, 1.54) is 0 Å². The second-order valence-electron chi connectivity index (χ2n) is 6.33.